The fourth-order valence-corrected chi connectivity index (χ4v) is 5.75. The molecule has 0 N–H and O–H groups in total. The standard InChI is InChI=1S/C26H23N3O2S/c1-17-10-11-20-23(16-17)32-26(27-20)29-14-12-28(13-15-29)25(30)24-18-6-2-4-8-21(18)31-22-9-5-3-7-19(22)24/h2-11,16,24H,12-15H2,1H3. The Morgan fingerprint density at radius 3 is 2.28 bits per heavy atom. The maximum Gasteiger partial charge on any atom is 0.234 e. The largest absolute Gasteiger partial charge is 0.457 e. The zero-order valence-electron chi connectivity index (χ0n) is 17.8. The number of piperazine rings is 1. The van der Waals surface area contributed by atoms with Gasteiger partial charge < -0.3 is 14.5 Å². The molecule has 3 aromatic carbocycles. The molecule has 0 saturated carbocycles. The number of thiazole rings is 1. The van der Waals surface area contributed by atoms with Gasteiger partial charge in [-0.05, 0) is 36.8 Å². The van der Waals surface area contributed by atoms with E-state index in [0.717, 1.165) is 46.4 Å². The first kappa shape index (κ1) is 19.3. The zero-order chi connectivity index (χ0) is 21.7. The molecule has 2 aliphatic heterocycles. The Morgan fingerprint density at radius 1 is 0.938 bits per heavy atom. The molecule has 0 unspecified atom stereocenters. The van der Waals surface area contributed by atoms with Crippen molar-refractivity contribution < 1.29 is 9.53 Å². The normalized spacial score (nSPS) is 15.9. The van der Waals surface area contributed by atoms with Crippen molar-refractivity contribution in [2.24, 2.45) is 0 Å². The molecule has 1 saturated heterocycles. The molecule has 4 aromatic rings. The van der Waals surface area contributed by atoms with Gasteiger partial charge in [0.05, 0.1) is 16.1 Å². The van der Waals surface area contributed by atoms with Gasteiger partial charge in [0.1, 0.15) is 11.5 Å². The molecule has 0 atom stereocenters. The van der Waals surface area contributed by atoms with Crippen molar-refractivity contribution >= 4 is 32.6 Å². The van der Waals surface area contributed by atoms with E-state index in [9.17, 15) is 4.79 Å². The number of ether oxygens (including phenoxy) is 1. The van der Waals surface area contributed by atoms with Gasteiger partial charge in [-0.15, -0.1) is 0 Å². The molecule has 6 heteroatoms. The van der Waals surface area contributed by atoms with Gasteiger partial charge in [0.25, 0.3) is 0 Å². The Hall–Kier alpha value is -3.38. The summed E-state index contributed by atoms with van der Waals surface area (Å²) in [5.74, 6) is 1.36. The number of anilines is 1. The van der Waals surface area contributed by atoms with E-state index in [4.69, 9.17) is 9.72 Å². The summed E-state index contributed by atoms with van der Waals surface area (Å²) < 4.78 is 7.29. The second-order valence-electron chi connectivity index (χ2n) is 8.39. The van der Waals surface area contributed by atoms with Crippen molar-refractivity contribution in [2.45, 2.75) is 12.8 Å². The molecule has 160 valence electrons. The number of hydrogen-bond donors (Lipinski definition) is 0. The lowest BCUT2D eigenvalue weighted by molar-refractivity contribution is -0.132. The molecule has 1 amide bonds. The average molecular weight is 442 g/mol. The highest BCUT2D eigenvalue weighted by Crippen LogP contribution is 2.44. The van der Waals surface area contributed by atoms with Crippen LogP contribution in [0, 0.1) is 6.92 Å². The average Bonchev–Trinajstić information content (AvgIpc) is 3.25. The minimum absolute atomic E-state index is 0.146. The monoisotopic (exact) mass is 441 g/mol. The van der Waals surface area contributed by atoms with E-state index in [-0.39, 0.29) is 11.8 Å². The van der Waals surface area contributed by atoms with Crippen LogP contribution in [0.3, 0.4) is 0 Å². The van der Waals surface area contributed by atoms with E-state index in [1.54, 1.807) is 11.3 Å². The Bertz CT molecular complexity index is 1280. The number of hydrogen-bond acceptors (Lipinski definition) is 5. The van der Waals surface area contributed by atoms with Crippen LogP contribution < -0.4 is 9.64 Å². The summed E-state index contributed by atoms with van der Waals surface area (Å²) in [4.78, 5) is 22.9. The molecule has 0 spiro atoms. The summed E-state index contributed by atoms with van der Waals surface area (Å²) in [6, 6.07) is 22.1. The molecule has 2 aliphatic rings. The predicted octanol–water partition coefficient (Wildman–Crippen LogP) is 5.19. The van der Waals surface area contributed by atoms with E-state index < -0.39 is 0 Å². The maximum absolute atomic E-state index is 13.7. The third-order valence-electron chi connectivity index (χ3n) is 6.32. The van der Waals surface area contributed by atoms with E-state index in [0.29, 0.717) is 13.1 Å². The quantitative estimate of drug-likeness (QED) is 0.429. The van der Waals surface area contributed by atoms with Gasteiger partial charge >= 0.3 is 0 Å². The van der Waals surface area contributed by atoms with Crippen molar-refractivity contribution in [3.8, 4) is 11.5 Å². The zero-order valence-corrected chi connectivity index (χ0v) is 18.6. The molecular formula is C26H23N3O2S. The van der Waals surface area contributed by atoms with Gasteiger partial charge in [-0.2, -0.15) is 0 Å². The smallest absolute Gasteiger partial charge is 0.234 e. The summed E-state index contributed by atoms with van der Waals surface area (Å²) in [5, 5.41) is 1.04. The number of para-hydroxylation sites is 2. The third-order valence-corrected chi connectivity index (χ3v) is 7.40. The van der Waals surface area contributed by atoms with Gasteiger partial charge in [-0.1, -0.05) is 53.8 Å². The van der Waals surface area contributed by atoms with Gasteiger partial charge in [0.2, 0.25) is 5.91 Å². The van der Waals surface area contributed by atoms with Crippen LogP contribution in [0.25, 0.3) is 10.2 Å². The molecule has 6 rings (SSSR count). The highest BCUT2D eigenvalue weighted by molar-refractivity contribution is 7.22. The lowest BCUT2D eigenvalue weighted by Crippen LogP contribution is -2.50. The number of aromatic nitrogens is 1. The SMILES string of the molecule is Cc1ccc2nc(N3CCN(C(=O)C4c5ccccc5Oc5ccccc54)CC3)sc2c1. The van der Waals surface area contributed by atoms with Gasteiger partial charge in [0.15, 0.2) is 5.13 Å². The van der Waals surface area contributed by atoms with Crippen molar-refractivity contribution in [2.75, 3.05) is 31.1 Å². The summed E-state index contributed by atoms with van der Waals surface area (Å²) in [5.41, 5.74) is 4.19. The van der Waals surface area contributed by atoms with Crippen molar-refractivity contribution in [1.29, 1.82) is 0 Å². The van der Waals surface area contributed by atoms with Crippen LogP contribution in [0.4, 0.5) is 5.13 Å². The molecule has 0 radical (unpaired) electrons. The number of carbonyl (C=O) groups is 1. The van der Waals surface area contributed by atoms with Crippen molar-refractivity contribution in [3.05, 3.63) is 83.4 Å². The Labute approximate surface area is 190 Å². The molecule has 5 nitrogen and oxygen atoms in total. The molecular weight excluding hydrogens is 418 g/mol. The van der Waals surface area contributed by atoms with E-state index in [1.165, 1.54) is 10.3 Å². The van der Waals surface area contributed by atoms with Crippen LogP contribution in [0.2, 0.25) is 0 Å². The van der Waals surface area contributed by atoms with Crippen LogP contribution in [0.5, 0.6) is 11.5 Å². The van der Waals surface area contributed by atoms with Crippen LogP contribution >= 0.6 is 11.3 Å². The first-order valence-corrected chi connectivity index (χ1v) is 11.8. The Kier molecular flexibility index (Phi) is 4.61. The minimum Gasteiger partial charge on any atom is -0.457 e. The number of carbonyl (C=O) groups excluding carboxylic acids is 1. The fourth-order valence-electron chi connectivity index (χ4n) is 4.63. The minimum atomic E-state index is -0.326. The summed E-state index contributed by atoms with van der Waals surface area (Å²) in [6.07, 6.45) is 0. The Balaban J connectivity index is 1.24. The summed E-state index contributed by atoms with van der Waals surface area (Å²) >= 11 is 1.73. The first-order chi connectivity index (χ1) is 15.7. The van der Waals surface area contributed by atoms with Crippen molar-refractivity contribution in [1.82, 2.24) is 9.88 Å². The molecule has 0 bridgehead atoms. The Morgan fingerprint density at radius 2 is 1.59 bits per heavy atom. The van der Waals surface area contributed by atoms with Gasteiger partial charge in [-0.3, -0.25) is 4.79 Å². The number of rotatable bonds is 2. The number of aryl methyl sites for hydroxylation is 1. The van der Waals surface area contributed by atoms with E-state index in [2.05, 4.69) is 30.0 Å². The molecule has 1 aromatic heterocycles. The number of fused-ring (bicyclic) bond motifs is 3. The first-order valence-electron chi connectivity index (χ1n) is 10.9. The summed E-state index contributed by atoms with van der Waals surface area (Å²) in [6.45, 7) is 5.06. The van der Waals surface area contributed by atoms with Crippen LogP contribution in [-0.2, 0) is 4.79 Å². The summed E-state index contributed by atoms with van der Waals surface area (Å²) in [7, 11) is 0. The predicted molar refractivity (Wildman–Crippen MR) is 128 cm³/mol. The van der Waals surface area contributed by atoms with Crippen LogP contribution in [0.15, 0.2) is 66.7 Å². The number of nitrogens with zero attached hydrogens (tertiary/aromatic N) is 3. The fraction of sp³-hybridized carbons (Fsp3) is 0.231. The highest BCUT2D eigenvalue weighted by atomic mass is 32.1. The highest BCUT2D eigenvalue weighted by Gasteiger charge is 2.36. The van der Waals surface area contributed by atoms with E-state index >= 15 is 0 Å². The molecule has 3 heterocycles. The second-order valence-corrected chi connectivity index (χ2v) is 9.40. The lowest BCUT2D eigenvalue weighted by Gasteiger charge is -2.37. The topological polar surface area (TPSA) is 45.7 Å². The molecule has 32 heavy (non-hydrogen) atoms. The molecule has 0 aliphatic carbocycles. The van der Waals surface area contributed by atoms with Gasteiger partial charge in [-0.25, -0.2) is 4.98 Å². The van der Waals surface area contributed by atoms with E-state index in [1.807, 2.05) is 53.4 Å². The third kappa shape index (κ3) is 3.22. The lowest BCUT2D eigenvalue weighted by atomic mass is 9.86. The maximum atomic E-state index is 13.7. The number of amides is 1. The number of benzene rings is 3. The second kappa shape index (κ2) is 7.64. The van der Waals surface area contributed by atoms with Crippen LogP contribution in [0.1, 0.15) is 22.6 Å². The van der Waals surface area contributed by atoms with Gasteiger partial charge in [0, 0.05) is 37.3 Å². The van der Waals surface area contributed by atoms with Crippen molar-refractivity contribution in [3.63, 3.8) is 0 Å². The molecule has 1 fully saturated rings. The van der Waals surface area contributed by atoms with Crippen LogP contribution in [-0.4, -0.2) is 42.0 Å².